The molecule has 266 valence electrons. The van der Waals surface area contributed by atoms with Gasteiger partial charge in [0.25, 0.3) is 0 Å². The number of anilines is 3. The van der Waals surface area contributed by atoms with E-state index < -0.39 is 0 Å². The minimum atomic E-state index is 1.13. The first-order valence-corrected chi connectivity index (χ1v) is 19.1. The fourth-order valence-corrected chi connectivity index (χ4v) is 7.84. The lowest BCUT2D eigenvalue weighted by Gasteiger charge is -2.29. The second-order valence-corrected chi connectivity index (χ2v) is 14.4. The van der Waals surface area contributed by atoms with E-state index in [1.165, 1.54) is 83.7 Å². The molecule has 0 aliphatic heterocycles. The predicted octanol–water partition coefficient (Wildman–Crippen LogP) is 15.2. The van der Waals surface area contributed by atoms with Crippen LogP contribution in [0.25, 0.3) is 56.7 Å². The molecule has 0 heterocycles. The zero-order valence-electron chi connectivity index (χ0n) is 32.0. The Balaban J connectivity index is 1.30. The van der Waals surface area contributed by atoms with Gasteiger partial charge in [-0.2, -0.15) is 0 Å². The quantitative estimate of drug-likeness (QED) is 0.135. The van der Waals surface area contributed by atoms with Gasteiger partial charge in [-0.1, -0.05) is 181 Å². The Bertz CT molecular complexity index is 2530. The Morgan fingerprint density at radius 1 is 0.364 bits per heavy atom. The summed E-state index contributed by atoms with van der Waals surface area (Å²) in [6.07, 6.45) is 4.56. The predicted molar refractivity (Wildman–Crippen MR) is 237 cm³/mol. The Morgan fingerprint density at radius 3 is 1.27 bits per heavy atom. The molecule has 1 nitrogen and oxygen atoms in total. The van der Waals surface area contributed by atoms with Gasteiger partial charge >= 0.3 is 0 Å². The molecule has 0 saturated heterocycles. The smallest absolute Gasteiger partial charge is 0.0491 e. The first-order chi connectivity index (χ1) is 26.9. The topological polar surface area (TPSA) is 3.24 Å². The molecule has 0 atom stereocenters. The van der Waals surface area contributed by atoms with Gasteiger partial charge < -0.3 is 4.90 Å². The summed E-state index contributed by atoms with van der Waals surface area (Å²) in [7, 11) is 0. The number of benzene rings is 8. The van der Waals surface area contributed by atoms with Crippen LogP contribution in [0, 0.1) is 27.7 Å². The van der Waals surface area contributed by atoms with E-state index in [4.69, 9.17) is 0 Å². The van der Waals surface area contributed by atoms with Crippen LogP contribution in [0.1, 0.15) is 33.4 Å². The number of rotatable bonds is 9. The van der Waals surface area contributed by atoms with E-state index in [-0.39, 0.29) is 0 Å². The fraction of sp³-hybridized carbons (Fsp3) is 0.0741. The van der Waals surface area contributed by atoms with Gasteiger partial charge in [-0.25, -0.2) is 0 Å². The van der Waals surface area contributed by atoms with E-state index in [0.29, 0.717) is 0 Å². The molecule has 0 aliphatic rings. The van der Waals surface area contributed by atoms with Crippen molar-refractivity contribution in [2.24, 2.45) is 0 Å². The van der Waals surface area contributed by atoms with Gasteiger partial charge in [0.15, 0.2) is 0 Å². The summed E-state index contributed by atoms with van der Waals surface area (Å²) in [6.45, 7) is 8.72. The second kappa shape index (κ2) is 15.7. The Hall–Kier alpha value is -6.70. The lowest BCUT2D eigenvalue weighted by Crippen LogP contribution is -2.12. The Labute approximate surface area is 326 Å². The average Bonchev–Trinajstić information content (AvgIpc) is 3.22. The summed E-state index contributed by atoms with van der Waals surface area (Å²) in [5.74, 6) is 0. The maximum atomic E-state index is 2.39. The minimum Gasteiger partial charge on any atom is -0.310 e. The molecular weight excluding hydrogens is 663 g/mol. The van der Waals surface area contributed by atoms with Crippen molar-refractivity contribution in [3.05, 3.63) is 221 Å². The normalized spacial score (nSPS) is 11.2. The van der Waals surface area contributed by atoms with Crippen LogP contribution in [0.5, 0.6) is 0 Å². The second-order valence-electron chi connectivity index (χ2n) is 14.4. The maximum Gasteiger partial charge on any atom is 0.0491 e. The molecule has 55 heavy (non-hydrogen) atoms. The molecule has 0 amide bonds. The third-order valence-corrected chi connectivity index (χ3v) is 10.4. The molecule has 8 aromatic rings. The minimum absolute atomic E-state index is 1.13. The van der Waals surface area contributed by atoms with Gasteiger partial charge in [-0.05, 0) is 125 Å². The van der Waals surface area contributed by atoms with Crippen LogP contribution in [0.15, 0.2) is 188 Å². The van der Waals surface area contributed by atoms with Gasteiger partial charge in [-0.15, -0.1) is 0 Å². The van der Waals surface area contributed by atoms with E-state index in [9.17, 15) is 0 Å². The summed E-state index contributed by atoms with van der Waals surface area (Å²) >= 11 is 0. The van der Waals surface area contributed by atoms with Crippen LogP contribution in [-0.2, 0) is 0 Å². The third kappa shape index (κ3) is 7.43. The number of nitrogens with zero attached hydrogens (tertiary/aromatic N) is 1. The molecular formula is C54H45N. The van der Waals surface area contributed by atoms with Crippen molar-refractivity contribution in [2.45, 2.75) is 27.7 Å². The highest BCUT2D eigenvalue weighted by atomic mass is 15.1. The molecule has 0 fully saturated rings. The van der Waals surface area contributed by atoms with E-state index >= 15 is 0 Å². The van der Waals surface area contributed by atoms with Gasteiger partial charge in [0.05, 0.1) is 0 Å². The summed E-state index contributed by atoms with van der Waals surface area (Å²) in [5.41, 5.74) is 20.5. The van der Waals surface area contributed by atoms with E-state index in [1.54, 1.807) is 0 Å². The highest BCUT2D eigenvalue weighted by molar-refractivity contribution is 6.05. The molecule has 0 aromatic heterocycles. The van der Waals surface area contributed by atoms with Crippen molar-refractivity contribution in [2.75, 3.05) is 4.90 Å². The lowest BCUT2D eigenvalue weighted by atomic mass is 9.80. The summed E-state index contributed by atoms with van der Waals surface area (Å²) in [4.78, 5) is 2.39. The van der Waals surface area contributed by atoms with Gasteiger partial charge in [0.2, 0.25) is 0 Å². The molecule has 0 aliphatic carbocycles. The highest BCUT2D eigenvalue weighted by Gasteiger charge is 2.22. The molecule has 1 heteroatoms. The number of aryl methyl sites for hydroxylation is 4. The SMILES string of the molecule is Cc1ccc(N(c2ccc(/C=C/c3cc(-c4ccccc4)c(-c4ccccc4)c(-c4ccccc4)c3-c3ccccc3)cc2)c2ccc(C)cc2C)c(C)c1. The summed E-state index contributed by atoms with van der Waals surface area (Å²) in [6, 6.07) is 68.2. The molecule has 0 bridgehead atoms. The van der Waals surface area contributed by atoms with Gasteiger partial charge in [0.1, 0.15) is 0 Å². The van der Waals surface area contributed by atoms with Crippen molar-refractivity contribution >= 4 is 29.2 Å². The van der Waals surface area contributed by atoms with Crippen LogP contribution in [0.3, 0.4) is 0 Å². The standard InChI is InChI=1S/C54H45N/c1-38-25-33-50(40(3)35-38)55(51-34-26-39(2)36-41(51)4)48-31-28-42(29-32-48)27-30-47-37-49(43-17-9-5-10-18-43)53(45-21-13-7-14-22-45)54(46-23-15-8-16-24-46)52(47)44-19-11-6-12-20-44/h5-37H,1-4H3/b30-27+. The molecule has 0 N–H and O–H groups in total. The monoisotopic (exact) mass is 707 g/mol. The van der Waals surface area contributed by atoms with Crippen LogP contribution in [0.2, 0.25) is 0 Å². The first-order valence-electron chi connectivity index (χ1n) is 19.1. The molecule has 8 aromatic carbocycles. The molecule has 0 saturated carbocycles. The van der Waals surface area contributed by atoms with Crippen molar-refractivity contribution in [1.82, 2.24) is 0 Å². The molecule has 0 unspecified atom stereocenters. The van der Waals surface area contributed by atoms with Crippen molar-refractivity contribution in [3.63, 3.8) is 0 Å². The molecule has 8 rings (SSSR count). The Morgan fingerprint density at radius 2 is 0.800 bits per heavy atom. The molecule has 0 radical (unpaired) electrons. The van der Waals surface area contributed by atoms with Gasteiger partial charge in [0, 0.05) is 17.1 Å². The molecule has 0 spiro atoms. The van der Waals surface area contributed by atoms with E-state index in [1.807, 2.05) is 0 Å². The zero-order chi connectivity index (χ0) is 37.7. The van der Waals surface area contributed by atoms with E-state index in [2.05, 4.69) is 233 Å². The van der Waals surface area contributed by atoms with Crippen LogP contribution in [-0.4, -0.2) is 0 Å². The zero-order valence-corrected chi connectivity index (χ0v) is 32.0. The van der Waals surface area contributed by atoms with Crippen molar-refractivity contribution in [1.29, 1.82) is 0 Å². The fourth-order valence-electron chi connectivity index (χ4n) is 7.84. The number of hydrogen-bond donors (Lipinski definition) is 0. The largest absolute Gasteiger partial charge is 0.310 e. The lowest BCUT2D eigenvalue weighted by molar-refractivity contribution is 1.21. The summed E-state index contributed by atoms with van der Waals surface area (Å²) < 4.78 is 0. The van der Waals surface area contributed by atoms with Gasteiger partial charge in [-0.3, -0.25) is 0 Å². The van der Waals surface area contributed by atoms with Crippen molar-refractivity contribution in [3.8, 4) is 44.5 Å². The highest BCUT2D eigenvalue weighted by Crippen LogP contribution is 2.48. The van der Waals surface area contributed by atoms with Crippen molar-refractivity contribution < 1.29 is 0 Å². The maximum absolute atomic E-state index is 2.39. The van der Waals surface area contributed by atoms with Crippen LogP contribution < -0.4 is 4.90 Å². The Kier molecular flexibility index (Phi) is 10.1. The third-order valence-electron chi connectivity index (χ3n) is 10.4. The van der Waals surface area contributed by atoms with Crippen LogP contribution >= 0.6 is 0 Å². The first kappa shape index (κ1) is 35.3. The average molecular weight is 708 g/mol. The van der Waals surface area contributed by atoms with Crippen LogP contribution in [0.4, 0.5) is 17.1 Å². The number of hydrogen-bond acceptors (Lipinski definition) is 1. The summed E-state index contributed by atoms with van der Waals surface area (Å²) in [5, 5.41) is 0. The van der Waals surface area contributed by atoms with E-state index in [0.717, 1.165) is 11.3 Å².